The molecule has 0 spiro atoms. The second-order valence-corrected chi connectivity index (χ2v) is 5.91. The van der Waals surface area contributed by atoms with Crippen LogP contribution in [0.1, 0.15) is 31.9 Å². The Morgan fingerprint density at radius 1 is 1.20 bits per heavy atom. The Bertz CT molecular complexity index is 559. The van der Waals surface area contributed by atoms with E-state index in [1.165, 1.54) is 11.1 Å². The minimum absolute atomic E-state index is 0.170. The van der Waals surface area contributed by atoms with Crippen LogP contribution >= 0.6 is 0 Å². The first-order chi connectivity index (χ1) is 9.44. The van der Waals surface area contributed by atoms with Gasteiger partial charge in [-0.05, 0) is 63.1 Å². The molecule has 3 heteroatoms. The molecule has 2 aromatic rings. The maximum Gasteiger partial charge on any atom is 0.120 e. The number of hydrogen-bond acceptors (Lipinski definition) is 3. The molecule has 1 aromatic carbocycles. The number of aromatic nitrogens is 1. The van der Waals surface area contributed by atoms with Crippen molar-refractivity contribution in [1.82, 2.24) is 4.98 Å². The van der Waals surface area contributed by atoms with Gasteiger partial charge in [-0.25, -0.2) is 0 Å². The number of aryl methyl sites for hydroxylation is 1. The molecule has 0 aliphatic heterocycles. The van der Waals surface area contributed by atoms with Crippen molar-refractivity contribution in [3.05, 3.63) is 53.9 Å². The Morgan fingerprint density at radius 3 is 2.60 bits per heavy atom. The first-order valence-electron chi connectivity index (χ1n) is 6.86. The maximum absolute atomic E-state index is 5.86. The van der Waals surface area contributed by atoms with E-state index in [0.717, 1.165) is 18.0 Å². The molecule has 1 N–H and O–H groups in total. The van der Waals surface area contributed by atoms with E-state index in [4.69, 9.17) is 4.74 Å². The van der Waals surface area contributed by atoms with Crippen molar-refractivity contribution >= 4 is 5.69 Å². The largest absolute Gasteiger partial charge is 0.488 e. The van der Waals surface area contributed by atoms with Gasteiger partial charge in [-0.15, -0.1) is 0 Å². The van der Waals surface area contributed by atoms with Gasteiger partial charge in [0.25, 0.3) is 0 Å². The number of benzene rings is 1. The minimum atomic E-state index is -0.170. The summed E-state index contributed by atoms with van der Waals surface area (Å²) < 4.78 is 5.86. The number of nitrogens with one attached hydrogen (secondary N) is 1. The third-order valence-corrected chi connectivity index (χ3v) is 2.83. The summed E-state index contributed by atoms with van der Waals surface area (Å²) in [6, 6.07) is 10.1. The van der Waals surface area contributed by atoms with Gasteiger partial charge >= 0.3 is 0 Å². The lowest BCUT2D eigenvalue weighted by atomic mass is 10.1. The van der Waals surface area contributed by atoms with Crippen molar-refractivity contribution in [1.29, 1.82) is 0 Å². The van der Waals surface area contributed by atoms with E-state index in [1.54, 1.807) is 6.20 Å². The molecule has 20 heavy (non-hydrogen) atoms. The molecule has 0 bridgehead atoms. The summed E-state index contributed by atoms with van der Waals surface area (Å²) in [6.07, 6.45) is 3.66. The fourth-order valence-electron chi connectivity index (χ4n) is 1.95. The molecule has 2 rings (SSSR count). The minimum Gasteiger partial charge on any atom is -0.488 e. The van der Waals surface area contributed by atoms with Crippen molar-refractivity contribution in [2.45, 2.75) is 39.8 Å². The Morgan fingerprint density at radius 2 is 2.00 bits per heavy atom. The molecular weight excluding hydrogens is 248 g/mol. The molecule has 0 fully saturated rings. The van der Waals surface area contributed by atoms with E-state index in [-0.39, 0.29) is 5.60 Å². The van der Waals surface area contributed by atoms with Crippen molar-refractivity contribution < 1.29 is 4.74 Å². The highest BCUT2D eigenvalue weighted by molar-refractivity contribution is 5.53. The normalized spacial score (nSPS) is 11.2. The Labute approximate surface area is 121 Å². The number of ether oxygens (including phenoxy) is 1. The van der Waals surface area contributed by atoms with Gasteiger partial charge in [0.15, 0.2) is 0 Å². The number of nitrogens with zero attached hydrogens (tertiary/aromatic N) is 1. The van der Waals surface area contributed by atoms with Gasteiger partial charge in [-0.3, -0.25) is 4.98 Å². The smallest absolute Gasteiger partial charge is 0.120 e. The first-order valence-corrected chi connectivity index (χ1v) is 6.86. The van der Waals surface area contributed by atoms with Gasteiger partial charge in [0.05, 0.1) is 0 Å². The van der Waals surface area contributed by atoms with Crippen molar-refractivity contribution in [3.63, 3.8) is 0 Å². The van der Waals surface area contributed by atoms with Crippen LogP contribution in [0.15, 0.2) is 42.7 Å². The van der Waals surface area contributed by atoms with Gasteiger partial charge in [0, 0.05) is 24.6 Å². The average molecular weight is 270 g/mol. The maximum atomic E-state index is 5.86. The van der Waals surface area contributed by atoms with Gasteiger partial charge in [-0.1, -0.05) is 6.07 Å². The quantitative estimate of drug-likeness (QED) is 0.905. The molecule has 0 unspecified atom stereocenters. The summed E-state index contributed by atoms with van der Waals surface area (Å²) in [7, 11) is 0. The van der Waals surface area contributed by atoms with E-state index in [1.807, 2.05) is 18.3 Å². The van der Waals surface area contributed by atoms with Crippen molar-refractivity contribution in [3.8, 4) is 5.75 Å². The molecular formula is C17H22N2O. The van der Waals surface area contributed by atoms with E-state index < -0.39 is 0 Å². The molecule has 0 saturated heterocycles. The van der Waals surface area contributed by atoms with Crippen LogP contribution in [0.5, 0.6) is 5.75 Å². The molecule has 3 nitrogen and oxygen atoms in total. The second kappa shape index (κ2) is 5.95. The Balaban J connectivity index is 2.03. The zero-order valence-electron chi connectivity index (χ0n) is 12.6. The van der Waals surface area contributed by atoms with E-state index in [2.05, 4.69) is 56.2 Å². The predicted octanol–water partition coefficient (Wildman–Crippen LogP) is 4.18. The molecule has 0 radical (unpaired) electrons. The van der Waals surface area contributed by atoms with Crippen LogP contribution in [0.3, 0.4) is 0 Å². The molecule has 0 atom stereocenters. The number of rotatable bonds is 4. The summed E-state index contributed by atoms with van der Waals surface area (Å²) in [4.78, 5) is 4.11. The van der Waals surface area contributed by atoms with E-state index in [0.29, 0.717) is 0 Å². The SMILES string of the molecule is Cc1cc(OC(C)(C)C)ccc1NCc1cccnc1. The van der Waals surface area contributed by atoms with E-state index >= 15 is 0 Å². The highest BCUT2D eigenvalue weighted by Crippen LogP contribution is 2.24. The zero-order valence-corrected chi connectivity index (χ0v) is 12.6. The molecule has 106 valence electrons. The fraction of sp³-hybridized carbons (Fsp3) is 0.353. The second-order valence-electron chi connectivity index (χ2n) is 5.91. The topological polar surface area (TPSA) is 34.1 Å². The summed E-state index contributed by atoms with van der Waals surface area (Å²) in [6.45, 7) is 9.01. The summed E-state index contributed by atoms with van der Waals surface area (Å²) in [5.74, 6) is 0.905. The third-order valence-electron chi connectivity index (χ3n) is 2.83. The summed E-state index contributed by atoms with van der Waals surface area (Å²) in [5.41, 5.74) is 3.30. The Hall–Kier alpha value is -2.03. The third kappa shape index (κ3) is 4.26. The number of pyridine rings is 1. The van der Waals surface area contributed by atoms with Crippen LogP contribution in [0, 0.1) is 6.92 Å². The summed E-state index contributed by atoms with van der Waals surface area (Å²) >= 11 is 0. The van der Waals surface area contributed by atoms with Crippen LogP contribution in [-0.4, -0.2) is 10.6 Å². The lowest BCUT2D eigenvalue weighted by Gasteiger charge is -2.22. The van der Waals surface area contributed by atoms with Crippen LogP contribution in [0.25, 0.3) is 0 Å². The van der Waals surface area contributed by atoms with Crippen molar-refractivity contribution in [2.24, 2.45) is 0 Å². The van der Waals surface area contributed by atoms with Crippen LogP contribution in [0.4, 0.5) is 5.69 Å². The average Bonchev–Trinajstić information content (AvgIpc) is 2.37. The van der Waals surface area contributed by atoms with Gasteiger partial charge in [0.2, 0.25) is 0 Å². The molecule has 1 heterocycles. The first kappa shape index (κ1) is 14.4. The molecule has 0 aliphatic carbocycles. The van der Waals surface area contributed by atoms with Gasteiger partial charge in [0.1, 0.15) is 11.4 Å². The van der Waals surface area contributed by atoms with Gasteiger partial charge in [-0.2, -0.15) is 0 Å². The highest BCUT2D eigenvalue weighted by atomic mass is 16.5. The number of hydrogen-bond donors (Lipinski definition) is 1. The monoisotopic (exact) mass is 270 g/mol. The van der Waals surface area contributed by atoms with Crippen LogP contribution in [-0.2, 0) is 6.54 Å². The fourth-order valence-corrected chi connectivity index (χ4v) is 1.95. The zero-order chi connectivity index (χ0) is 14.6. The van der Waals surface area contributed by atoms with Gasteiger partial charge < -0.3 is 10.1 Å². The van der Waals surface area contributed by atoms with Crippen molar-refractivity contribution in [2.75, 3.05) is 5.32 Å². The summed E-state index contributed by atoms with van der Waals surface area (Å²) in [5, 5.41) is 3.42. The van der Waals surface area contributed by atoms with Crippen LogP contribution in [0.2, 0.25) is 0 Å². The van der Waals surface area contributed by atoms with Crippen LogP contribution < -0.4 is 10.1 Å². The lowest BCUT2D eigenvalue weighted by Crippen LogP contribution is -2.22. The Kier molecular flexibility index (Phi) is 4.28. The molecule has 0 amide bonds. The standard InChI is InChI=1S/C17H22N2O/c1-13-10-15(20-17(2,3)4)7-8-16(13)19-12-14-6-5-9-18-11-14/h5-11,19H,12H2,1-4H3. The molecule has 1 aromatic heterocycles. The molecule has 0 aliphatic rings. The highest BCUT2D eigenvalue weighted by Gasteiger charge is 2.12. The molecule has 0 saturated carbocycles. The van der Waals surface area contributed by atoms with E-state index in [9.17, 15) is 0 Å². The lowest BCUT2D eigenvalue weighted by molar-refractivity contribution is 0.131. The number of anilines is 1. The predicted molar refractivity (Wildman–Crippen MR) is 83.1 cm³/mol.